The van der Waals surface area contributed by atoms with Crippen molar-refractivity contribution in [3.63, 3.8) is 0 Å². The maximum atomic E-state index is 14.0. The number of piperazine rings is 1. The molecule has 8 heteroatoms. The second-order valence-electron chi connectivity index (χ2n) is 7.13. The Morgan fingerprint density at radius 1 is 1.04 bits per heavy atom. The molecule has 7 nitrogen and oxygen atoms in total. The lowest BCUT2D eigenvalue weighted by atomic mass is 9.99. The molecule has 0 unspecified atom stereocenters. The van der Waals surface area contributed by atoms with Gasteiger partial charge in [0.1, 0.15) is 11.6 Å². The molecule has 3 N–H and O–H groups in total. The van der Waals surface area contributed by atoms with Crippen LogP contribution >= 0.6 is 0 Å². The van der Waals surface area contributed by atoms with Crippen LogP contribution < -0.4 is 15.5 Å². The zero-order chi connectivity index (χ0) is 18.8. The van der Waals surface area contributed by atoms with Crippen molar-refractivity contribution in [2.45, 2.75) is 18.6 Å². The van der Waals surface area contributed by atoms with Crippen LogP contribution in [-0.2, 0) is 0 Å². The molecule has 2 saturated heterocycles. The second-order valence-corrected chi connectivity index (χ2v) is 7.13. The van der Waals surface area contributed by atoms with Crippen molar-refractivity contribution < 1.29 is 9.50 Å². The minimum atomic E-state index is -0.483. The SMILES string of the molecule is Nc1ccnc(N2CC[C@@H](N3CCN(c4ccccc4F)CC3)[C@H](O)C2)n1. The normalized spacial score (nSPS) is 24.2. The molecule has 1 aromatic heterocycles. The summed E-state index contributed by atoms with van der Waals surface area (Å²) in [6, 6.07) is 8.65. The zero-order valence-corrected chi connectivity index (χ0v) is 15.2. The summed E-state index contributed by atoms with van der Waals surface area (Å²) < 4.78 is 14.0. The van der Waals surface area contributed by atoms with E-state index in [0.717, 1.165) is 39.1 Å². The van der Waals surface area contributed by atoms with E-state index in [0.29, 0.717) is 24.0 Å². The zero-order valence-electron chi connectivity index (χ0n) is 15.2. The molecule has 2 atom stereocenters. The maximum absolute atomic E-state index is 14.0. The van der Waals surface area contributed by atoms with Gasteiger partial charge in [0.05, 0.1) is 11.8 Å². The van der Waals surface area contributed by atoms with E-state index >= 15 is 0 Å². The van der Waals surface area contributed by atoms with Gasteiger partial charge in [-0.15, -0.1) is 0 Å². The van der Waals surface area contributed by atoms with Crippen LogP contribution in [0.4, 0.5) is 21.8 Å². The Kier molecular flexibility index (Phi) is 5.09. The van der Waals surface area contributed by atoms with E-state index in [9.17, 15) is 9.50 Å². The summed E-state index contributed by atoms with van der Waals surface area (Å²) in [5.41, 5.74) is 6.39. The van der Waals surface area contributed by atoms with Gasteiger partial charge in [0.15, 0.2) is 0 Å². The number of anilines is 3. The minimum Gasteiger partial charge on any atom is -0.390 e. The molecule has 2 aromatic rings. The van der Waals surface area contributed by atoms with Crippen LogP contribution in [0.5, 0.6) is 0 Å². The van der Waals surface area contributed by atoms with Gasteiger partial charge in [-0.25, -0.2) is 9.37 Å². The van der Waals surface area contributed by atoms with Crippen molar-refractivity contribution in [3.8, 4) is 0 Å². The predicted molar refractivity (Wildman–Crippen MR) is 103 cm³/mol. The molecule has 0 bridgehead atoms. The standard InChI is InChI=1S/C19H25FN6O/c20-14-3-1-2-4-15(14)24-9-11-25(12-10-24)16-6-8-26(13-17(16)27)19-22-7-5-18(21)23-19/h1-5,7,16-17,27H,6,8-13H2,(H2,21,22,23)/t16-,17-/m1/s1. The molecule has 27 heavy (non-hydrogen) atoms. The first kappa shape index (κ1) is 17.9. The van der Waals surface area contributed by atoms with Gasteiger partial charge in [-0.2, -0.15) is 4.98 Å². The predicted octanol–water partition coefficient (Wildman–Crippen LogP) is 0.960. The first-order valence-corrected chi connectivity index (χ1v) is 9.37. The number of nitrogen functional groups attached to an aromatic ring is 1. The smallest absolute Gasteiger partial charge is 0.227 e. The molecule has 0 amide bonds. The average Bonchev–Trinajstić information content (AvgIpc) is 2.69. The van der Waals surface area contributed by atoms with Crippen LogP contribution in [-0.4, -0.2) is 71.4 Å². The van der Waals surface area contributed by atoms with Gasteiger partial charge in [0, 0.05) is 51.5 Å². The third-order valence-electron chi connectivity index (χ3n) is 5.47. The van der Waals surface area contributed by atoms with Crippen LogP contribution in [0.25, 0.3) is 0 Å². The van der Waals surface area contributed by atoms with Gasteiger partial charge >= 0.3 is 0 Å². The molecule has 3 heterocycles. The average molecular weight is 372 g/mol. The number of nitrogens with two attached hydrogens (primary N) is 1. The third-order valence-corrected chi connectivity index (χ3v) is 5.47. The van der Waals surface area contributed by atoms with Crippen LogP contribution in [0.1, 0.15) is 6.42 Å². The molecule has 2 aliphatic heterocycles. The van der Waals surface area contributed by atoms with Gasteiger partial charge in [-0.1, -0.05) is 12.1 Å². The highest BCUT2D eigenvalue weighted by molar-refractivity contribution is 5.48. The summed E-state index contributed by atoms with van der Waals surface area (Å²) >= 11 is 0. The van der Waals surface area contributed by atoms with Gasteiger partial charge in [-0.05, 0) is 24.6 Å². The lowest BCUT2D eigenvalue weighted by Gasteiger charge is -2.45. The van der Waals surface area contributed by atoms with E-state index < -0.39 is 6.10 Å². The maximum Gasteiger partial charge on any atom is 0.227 e. The number of hydrogen-bond acceptors (Lipinski definition) is 7. The highest BCUT2D eigenvalue weighted by Gasteiger charge is 2.34. The molecule has 0 aliphatic carbocycles. The summed E-state index contributed by atoms with van der Waals surface area (Å²) in [6.45, 7) is 4.40. The van der Waals surface area contributed by atoms with E-state index in [-0.39, 0.29) is 11.9 Å². The molecule has 2 aliphatic rings. The van der Waals surface area contributed by atoms with E-state index in [1.807, 2.05) is 17.0 Å². The largest absolute Gasteiger partial charge is 0.390 e. The highest BCUT2D eigenvalue weighted by Crippen LogP contribution is 2.24. The number of halogens is 1. The number of rotatable bonds is 3. The van der Waals surface area contributed by atoms with E-state index in [2.05, 4.69) is 19.8 Å². The minimum absolute atomic E-state index is 0.102. The number of nitrogens with zero attached hydrogens (tertiary/aromatic N) is 5. The Morgan fingerprint density at radius 2 is 1.81 bits per heavy atom. The molecular weight excluding hydrogens is 347 g/mol. The number of aromatic nitrogens is 2. The number of benzene rings is 1. The quantitative estimate of drug-likeness (QED) is 0.830. The summed E-state index contributed by atoms with van der Waals surface area (Å²) in [7, 11) is 0. The molecule has 1 aromatic carbocycles. The van der Waals surface area contributed by atoms with Gasteiger partial charge in [0.2, 0.25) is 5.95 Å². The number of β-amino-alcohol motifs (C(OH)–C–C–N with tert-alkyl or cyclic N) is 1. The van der Waals surface area contributed by atoms with Crippen LogP contribution in [0.2, 0.25) is 0 Å². The highest BCUT2D eigenvalue weighted by atomic mass is 19.1. The monoisotopic (exact) mass is 372 g/mol. The Balaban J connectivity index is 1.35. The van der Waals surface area contributed by atoms with E-state index in [4.69, 9.17) is 5.73 Å². The topological polar surface area (TPSA) is 81.8 Å². The van der Waals surface area contributed by atoms with Crippen LogP contribution in [0, 0.1) is 5.82 Å². The van der Waals surface area contributed by atoms with Crippen molar-refractivity contribution in [2.24, 2.45) is 0 Å². The van der Waals surface area contributed by atoms with Crippen molar-refractivity contribution >= 4 is 17.5 Å². The summed E-state index contributed by atoms with van der Waals surface area (Å²) in [5.74, 6) is 0.819. The molecule has 0 radical (unpaired) electrons. The second kappa shape index (κ2) is 7.66. The van der Waals surface area contributed by atoms with Crippen molar-refractivity contribution in [3.05, 3.63) is 42.3 Å². The van der Waals surface area contributed by atoms with Gasteiger partial charge in [0.25, 0.3) is 0 Å². The number of aliphatic hydroxyl groups is 1. The fraction of sp³-hybridized carbons (Fsp3) is 0.474. The summed E-state index contributed by atoms with van der Waals surface area (Å²) in [6.07, 6.45) is 1.99. The number of hydrogen-bond donors (Lipinski definition) is 2. The Bertz CT molecular complexity index is 782. The lowest BCUT2D eigenvalue weighted by molar-refractivity contribution is 0.0335. The van der Waals surface area contributed by atoms with Crippen LogP contribution in [0.15, 0.2) is 36.5 Å². The van der Waals surface area contributed by atoms with Gasteiger partial charge in [-0.3, -0.25) is 4.90 Å². The van der Waals surface area contributed by atoms with Gasteiger partial charge < -0.3 is 20.6 Å². The van der Waals surface area contributed by atoms with E-state index in [1.54, 1.807) is 18.3 Å². The molecule has 4 rings (SSSR count). The lowest BCUT2D eigenvalue weighted by Crippen LogP contribution is -2.59. The molecule has 2 fully saturated rings. The Hall–Kier alpha value is -2.45. The number of para-hydroxylation sites is 1. The Morgan fingerprint density at radius 3 is 2.52 bits per heavy atom. The van der Waals surface area contributed by atoms with Crippen molar-refractivity contribution in [2.75, 3.05) is 54.8 Å². The number of aliphatic hydroxyl groups excluding tert-OH is 1. The Labute approximate surface area is 158 Å². The fourth-order valence-corrected chi connectivity index (χ4v) is 4.04. The van der Waals surface area contributed by atoms with Crippen molar-refractivity contribution in [1.82, 2.24) is 14.9 Å². The first-order chi connectivity index (χ1) is 13.1. The molecule has 0 spiro atoms. The summed E-state index contributed by atoms with van der Waals surface area (Å²) in [5, 5.41) is 10.7. The van der Waals surface area contributed by atoms with Crippen LogP contribution in [0.3, 0.4) is 0 Å². The number of piperidine rings is 1. The fourth-order valence-electron chi connectivity index (χ4n) is 4.04. The first-order valence-electron chi connectivity index (χ1n) is 9.37. The molecule has 144 valence electrons. The molecule has 0 saturated carbocycles. The summed E-state index contributed by atoms with van der Waals surface area (Å²) in [4.78, 5) is 14.9. The van der Waals surface area contributed by atoms with E-state index in [1.165, 1.54) is 6.07 Å². The van der Waals surface area contributed by atoms with Crippen molar-refractivity contribution in [1.29, 1.82) is 0 Å². The molecular formula is C19H25FN6O. The third kappa shape index (κ3) is 3.81.